The Kier molecular flexibility index (Phi) is 10.9. The number of benzene rings is 4. The molecule has 2 aliphatic heterocycles. The van der Waals surface area contributed by atoms with Crippen LogP contribution < -0.4 is 10.6 Å². The van der Waals surface area contributed by atoms with Crippen molar-refractivity contribution < 1.29 is 28.7 Å². The standard InChI is InChI=1S/C50H50N8O6/c1-63-49(61)55-41(33-9-5-3-6-10-33)47(59)57-37-23-21-35(25-37)43(57)45-51-27-39(53-45)31-17-13-29(14-18-31)30-15-19-32(20-16-30)40-28-52-46(54-40)44-36-22-24-38(26-36)58(44)48(60)42(56-50(62)64-2)34-11-7-4-8-12-34/h3-20,27-28,35-38,41-44H,21-26H2,1-2H3,(H,51,53)(H,52,54)(H,55,61)(H,56,62)/t35-,36-,37-,38-,41-,42-,43+,44+/m1/s1. The average molecular weight is 859 g/mol. The van der Waals surface area contributed by atoms with E-state index in [-0.39, 0.29) is 47.8 Å². The van der Waals surface area contributed by atoms with Crippen LogP contribution in [-0.4, -0.2) is 80.0 Å². The number of piperidine rings is 2. The van der Waals surface area contributed by atoms with Gasteiger partial charge in [0.25, 0.3) is 11.8 Å². The van der Waals surface area contributed by atoms with Gasteiger partial charge in [-0.15, -0.1) is 0 Å². The van der Waals surface area contributed by atoms with Crippen molar-refractivity contribution in [3.05, 3.63) is 144 Å². The number of methoxy groups -OCH3 is 2. The zero-order valence-electron chi connectivity index (χ0n) is 35.6. The van der Waals surface area contributed by atoms with Gasteiger partial charge in [0, 0.05) is 12.1 Å². The molecule has 2 saturated carbocycles. The van der Waals surface area contributed by atoms with Crippen molar-refractivity contribution in [1.82, 2.24) is 40.4 Å². The molecule has 2 saturated heterocycles. The quantitative estimate of drug-likeness (QED) is 0.100. The second kappa shape index (κ2) is 17.2. The fourth-order valence-corrected chi connectivity index (χ4v) is 10.8. The summed E-state index contributed by atoms with van der Waals surface area (Å²) in [6, 6.07) is 33.1. The van der Waals surface area contributed by atoms with Gasteiger partial charge in [0.2, 0.25) is 0 Å². The van der Waals surface area contributed by atoms with Gasteiger partial charge < -0.3 is 39.9 Å². The lowest BCUT2D eigenvalue weighted by molar-refractivity contribution is -0.139. The molecule has 2 aliphatic carbocycles. The first-order valence-electron chi connectivity index (χ1n) is 22.0. The number of carbonyl (C=O) groups excluding carboxylic acids is 4. The molecule has 4 fully saturated rings. The van der Waals surface area contributed by atoms with E-state index >= 15 is 0 Å². The highest BCUT2D eigenvalue weighted by Crippen LogP contribution is 2.52. The van der Waals surface area contributed by atoms with Crippen LogP contribution >= 0.6 is 0 Å². The Hall–Kier alpha value is -7.22. The van der Waals surface area contributed by atoms with E-state index in [0.29, 0.717) is 11.1 Å². The fraction of sp³-hybridized carbons (Fsp3) is 0.320. The molecule has 14 nitrogen and oxygen atoms in total. The summed E-state index contributed by atoms with van der Waals surface area (Å²) in [5, 5.41) is 5.55. The third-order valence-electron chi connectivity index (χ3n) is 13.8. The number of hydrogen-bond acceptors (Lipinski definition) is 8. The maximum atomic E-state index is 14.3. The van der Waals surface area contributed by atoms with Gasteiger partial charge in [-0.25, -0.2) is 19.6 Å². The second-order valence-electron chi connectivity index (χ2n) is 17.3. The number of carbonyl (C=O) groups is 4. The summed E-state index contributed by atoms with van der Waals surface area (Å²) in [6.45, 7) is 0. The number of H-pyrrole nitrogens is 2. The Balaban J connectivity index is 0.834. The van der Waals surface area contributed by atoms with Crippen LogP contribution in [0, 0.1) is 11.8 Å². The van der Waals surface area contributed by atoms with Crippen molar-refractivity contribution in [2.75, 3.05) is 14.2 Å². The molecule has 326 valence electrons. The Bertz CT molecular complexity index is 2470. The van der Waals surface area contributed by atoms with Crippen molar-refractivity contribution in [3.8, 4) is 33.6 Å². The van der Waals surface area contributed by atoms with Crippen LogP contribution in [0.2, 0.25) is 0 Å². The summed E-state index contributed by atoms with van der Waals surface area (Å²) in [5.74, 6) is 1.69. The Morgan fingerprint density at radius 1 is 0.547 bits per heavy atom. The summed E-state index contributed by atoms with van der Waals surface area (Å²) in [4.78, 5) is 74.0. The number of likely N-dealkylation sites (tertiary alicyclic amines) is 2. The van der Waals surface area contributed by atoms with Gasteiger partial charge >= 0.3 is 12.2 Å². The smallest absolute Gasteiger partial charge is 0.407 e. The highest BCUT2D eigenvalue weighted by atomic mass is 16.5. The van der Waals surface area contributed by atoms with Crippen LogP contribution in [0.5, 0.6) is 0 Å². The number of imidazole rings is 2. The summed E-state index contributed by atoms with van der Waals surface area (Å²) in [7, 11) is 2.59. The van der Waals surface area contributed by atoms with Crippen LogP contribution in [0.3, 0.4) is 0 Å². The summed E-state index contributed by atoms with van der Waals surface area (Å²) < 4.78 is 9.79. The van der Waals surface area contributed by atoms with E-state index in [1.807, 2.05) is 82.9 Å². The molecule has 4 N–H and O–H groups in total. The van der Waals surface area contributed by atoms with Crippen molar-refractivity contribution in [2.24, 2.45) is 11.8 Å². The van der Waals surface area contributed by atoms with Gasteiger partial charge in [0.1, 0.15) is 23.7 Å². The predicted octanol–water partition coefficient (Wildman–Crippen LogP) is 8.43. The molecule has 64 heavy (non-hydrogen) atoms. The van der Waals surface area contributed by atoms with Crippen LogP contribution in [0.4, 0.5) is 9.59 Å². The number of aromatic amines is 2. The zero-order chi connectivity index (χ0) is 43.9. The molecule has 2 aromatic heterocycles. The zero-order valence-corrected chi connectivity index (χ0v) is 35.6. The van der Waals surface area contributed by atoms with Crippen LogP contribution in [0.25, 0.3) is 33.6 Å². The molecular weight excluding hydrogens is 809 g/mol. The normalized spacial score (nSPS) is 22.8. The van der Waals surface area contributed by atoms with E-state index in [1.165, 1.54) is 14.2 Å². The third-order valence-corrected chi connectivity index (χ3v) is 13.8. The lowest BCUT2D eigenvalue weighted by Crippen LogP contribution is -2.47. The van der Waals surface area contributed by atoms with Crippen LogP contribution in [0.1, 0.15) is 85.5 Å². The molecule has 4 amide bonds. The van der Waals surface area contributed by atoms with Crippen LogP contribution in [0.15, 0.2) is 122 Å². The van der Waals surface area contributed by atoms with Gasteiger partial charge in [0.05, 0.1) is 50.1 Å². The number of fused-ring (bicyclic) bond motifs is 4. The number of aromatic nitrogens is 4. The molecule has 10 rings (SSSR count). The number of rotatable bonds is 11. The summed E-state index contributed by atoms with van der Waals surface area (Å²) >= 11 is 0. The molecule has 4 aliphatic rings. The highest BCUT2D eigenvalue weighted by molar-refractivity contribution is 5.89. The van der Waals surface area contributed by atoms with E-state index in [4.69, 9.17) is 19.4 Å². The molecule has 14 heteroatoms. The monoisotopic (exact) mass is 858 g/mol. The molecule has 0 radical (unpaired) electrons. The lowest BCUT2D eigenvalue weighted by atomic mass is 9.96. The molecule has 0 unspecified atom stereocenters. The van der Waals surface area contributed by atoms with Crippen molar-refractivity contribution in [1.29, 1.82) is 0 Å². The number of ether oxygens (including phenoxy) is 2. The predicted molar refractivity (Wildman–Crippen MR) is 238 cm³/mol. The first-order chi connectivity index (χ1) is 31.3. The van der Waals surface area contributed by atoms with E-state index in [0.717, 1.165) is 83.8 Å². The first-order valence-corrected chi connectivity index (χ1v) is 22.0. The number of amides is 4. The minimum Gasteiger partial charge on any atom is -0.453 e. The molecule has 4 aromatic carbocycles. The maximum absolute atomic E-state index is 14.3. The van der Waals surface area contributed by atoms with Gasteiger partial charge in [-0.3, -0.25) is 9.59 Å². The number of nitrogens with zero attached hydrogens (tertiary/aromatic N) is 4. The number of alkyl carbamates (subject to hydrolysis) is 2. The SMILES string of the molecule is COC(=O)N[C@@H](C(=O)N1[C@@H]2CC[C@H](C2)[C@H]1c1ncc(-c2ccc(-c3ccc(-c4cnc([C@@H]5[C@@H]6CC[C@H](C6)N5C(=O)[C@H](NC(=O)OC)c5ccccc5)[nH]4)cc3)cc2)[nH]1)c1ccccc1. The largest absolute Gasteiger partial charge is 0.453 e. The molecule has 0 spiro atoms. The van der Waals surface area contributed by atoms with Crippen LogP contribution in [-0.2, 0) is 19.1 Å². The highest BCUT2D eigenvalue weighted by Gasteiger charge is 2.53. The molecule has 6 aromatic rings. The summed E-state index contributed by atoms with van der Waals surface area (Å²) in [5.41, 5.74) is 7.18. The molecule has 4 bridgehead atoms. The molecular formula is C50H50N8O6. The topological polar surface area (TPSA) is 175 Å². The summed E-state index contributed by atoms with van der Waals surface area (Å²) in [6.07, 6.45) is 8.01. The number of hydrogen-bond donors (Lipinski definition) is 4. The first kappa shape index (κ1) is 40.8. The van der Waals surface area contributed by atoms with E-state index < -0.39 is 24.3 Å². The van der Waals surface area contributed by atoms with Gasteiger partial charge in [-0.2, -0.15) is 0 Å². The Morgan fingerprint density at radius 2 is 0.922 bits per heavy atom. The van der Waals surface area contributed by atoms with Crippen molar-refractivity contribution in [3.63, 3.8) is 0 Å². The van der Waals surface area contributed by atoms with E-state index in [2.05, 4.69) is 69.1 Å². The maximum Gasteiger partial charge on any atom is 0.407 e. The van der Waals surface area contributed by atoms with Gasteiger partial charge in [0.15, 0.2) is 0 Å². The second-order valence-corrected chi connectivity index (χ2v) is 17.3. The third kappa shape index (κ3) is 7.56. The van der Waals surface area contributed by atoms with Crippen molar-refractivity contribution in [2.45, 2.75) is 74.8 Å². The Labute approximate surface area is 370 Å². The van der Waals surface area contributed by atoms with Gasteiger partial charge in [-0.1, -0.05) is 109 Å². The minimum atomic E-state index is -0.878. The Morgan fingerprint density at radius 3 is 1.30 bits per heavy atom. The van der Waals surface area contributed by atoms with E-state index in [1.54, 1.807) is 0 Å². The van der Waals surface area contributed by atoms with Crippen molar-refractivity contribution >= 4 is 24.0 Å². The number of nitrogens with one attached hydrogen (secondary N) is 4. The van der Waals surface area contributed by atoms with Gasteiger partial charge in [-0.05, 0) is 83.7 Å². The molecule has 8 atom stereocenters. The van der Waals surface area contributed by atoms with E-state index in [9.17, 15) is 19.2 Å². The lowest BCUT2D eigenvalue weighted by Gasteiger charge is -2.36. The minimum absolute atomic E-state index is 0.0718. The fourth-order valence-electron chi connectivity index (χ4n) is 10.8. The average Bonchev–Trinajstić information content (AvgIpc) is 4.23. The molecule has 4 heterocycles.